The highest BCUT2D eigenvalue weighted by molar-refractivity contribution is 7.99. The highest BCUT2D eigenvalue weighted by Gasteiger charge is 2.22. The van der Waals surface area contributed by atoms with Crippen LogP contribution < -0.4 is 0 Å². The van der Waals surface area contributed by atoms with Gasteiger partial charge in [0.05, 0.1) is 6.10 Å². The Labute approximate surface area is 66.2 Å². The predicted molar refractivity (Wildman–Crippen MR) is 44.9 cm³/mol. The molecule has 1 aliphatic heterocycles. The quantitative estimate of drug-likeness (QED) is 0.605. The molecule has 0 aliphatic carbocycles. The van der Waals surface area contributed by atoms with Crippen molar-refractivity contribution in [2.24, 2.45) is 5.92 Å². The van der Waals surface area contributed by atoms with E-state index in [1.54, 1.807) is 0 Å². The van der Waals surface area contributed by atoms with Crippen LogP contribution in [0.4, 0.5) is 0 Å². The maximum Gasteiger partial charge on any atom is 0.0685 e. The number of terminal acetylenes is 1. The third-order valence-corrected chi connectivity index (χ3v) is 3.02. The summed E-state index contributed by atoms with van der Waals surface area (Å²) in [6.45, 7) is 0. The molecule has 1 rings (SSSR count). The van der Waals surface area contributed by atoms with Crippen LogP contribution in [0.25, 0.3) is 0 Å². The molecule has 1 N–H and O–H groups in total. The molecule has 0 aromatic rings. The molecular weight excluding hydrogens is 144 g/mol. The average Bonchev–Trinajstić information content (AvgIpc) is 2.38. The first-order chi connectivity index (χ1) is 4.84. The van der Waals surface area contributed by atoms with Crippen molar-refractivity contribution in [2.45, 2.75) is 18.9 Å². The Morgan fingerprint density at radius 3 is 3.10 bits per heavy atom. The van der Waals surface area contributed by atoms with Gasteiger partial charge in [-0.3, -0.25) is 0 Å². The highest BCUT2D eigenvalue weighted by Crippen LogP contribution is 2.27. The SMILES string of the molecule is C#CCC(O)C1CCSC1. The van der Waals surface area contributed by atoms with Gasteiger partial charge in [-0.05, 0) is 23.8 Å². The summed E-state index contributed by atoms with van der Waals surface area (Å²) in [4.78, 5) is 0. The van der Waals surface area contributed by atoms with E-state index in [0.29, 0.717) is 12.3 Å². The van der Waals surface area contributed by atoms with E-state index in [1.165, 1.54) is 5.75 Å². The molecule has 0 aromatic carbocycles. The summed E-state index contributed by atoms with van der Waals surface area (Å²) >= 11 is 1.91. The first kappa shape index (κ1) is 7.97. The van der Waals surface area contributed by atoms with Crippen LogP contribution >= 0.6 is 11.8 Å². The molecule has 2 heteroatoms. The van der Waals surface area contributed by atoms with E-state index in [9.17, 15) is 5.11 Å². The van der Waals surface area contributed by atoms with Crippen molar-refractivity contribution in [2.75, 3.05) is 11.5 Å². The van der Waals surface area contributed by atoms with E-state index in [0.717, 1.165) is 12.2 Å². The van der Waals surface area contributed by atoms with Crippen LogP contribution in [0.2, 0.25) is 0 Å². The predicted octanol–water partition coefficient (Wildman–Crippen LogP) is 1.12. The van der Waals surface area contributed by atoms with Gasteiger partial charge in [-0.25, -0.2) is 0 Å². The summed E-state index contributed by atoms with van der Waals surface area (Å²) in [7, 11) is 0. The van der Waals surface area contributed by atoms with Crippen LogP contribution in [0, 0.1) is 18.3 Å². The molecule has 0 aromatic heterocycles. The summed E-state index contributed by atoms with van der Waals surface area (Å²) in [5.41, 5.74) is 0. The van der Waals surface area contributed by atoms with E-state index in [1.807, 2.05) is 11.8 Å². The van der Waals surface area contributed by atoms with Crippen LogP contribution in [0.1, 0.15) is 12.8 Å². The molecule has 0 amide bonds. The van der Waals surface area contributed by atoms with E-state index < -0.39 is 0 Å². The Morgan fingerprint density at radius 2 is 2.60 bits per heavy atom. The normalized spacial score (nSPS) is 27.8. The molecule has 0 bridgehead atoms. The lowest BCUT2D eigenvalue weighted by Gasteiger charge is -2.13. The third-order valence-electron chi connectivity index (χ3n) is 1.84. The van der Waals surface area contributed by atoms with E-state index in [-0.39, 0.29) is 6.10 Å². The summed E-state index contributed by atoms with van der Waals surface area (Å²) in [6.07, 6.45) is 6.48. The van der Waals surface area contributed by atoms with Crippen LogP contribution in [-0.2, 0) is 0 Å². The minimum absolute atomic E-state index is 0.250. The topological polar surface area (TPSA) is 20.2 Å². The average molecular weight is 156 g/mol. The van der Waals surface area contributed by atoms with Crippen LogP contribution in [0.5, 0.6) is 0 Å². The second kappa shape index (κ2) is 3.90. The first-order valence-corrected chi connectivity index (χ1v) is 4.69. The van der Waals surface area contributed by atoms with Crippen molar-refractivity contribution in [3.8, 4) is 12.3 Å². The molecule has 0 radical (unpaired) electrons. The smallest absolute Gasteiger partial charge is 0.0685 e. The van der Waals surface area contributed by atoms with Crippen molar-refractivity contribution in [1.82, 2.24) is 0 Å². The minimum Gasteiger partial charge on any atom is -0.392 e. The molecule has 2 unspecified atom stereocenters. The molecule has 0 spiro atoms. The Balaban J connectivity index is 2.26. The van der Waals surface area contributed by atoms with Crippen molar-refractivity contribution in [3.63, 3.8) is 0 Å². The van der Waals surface area contributed by atoms with Crippen molar-refractivity contribution < 1.29 is 5.11 Å². The van der Waals surface area contributed by atoms with Gasteiger partial charge in [0.25, 0.3) is 0 Å². The fourth-order valence-corrected chi connectivity index (χ4v) is 2.47. The van der Waals surface area contributed by atoms with Gasteiger partial charge in [0, 0.05) is 6.42 Å². The monoisotopic (exact) mass is 156 g/mol. The molecule has 0 saturated carbocycles. The number of aliphatic hydroxyl groups excluding tert-OH is 1. The van der Waals surface area contributed by atoms with Gasteiger partial charge in [-0.15, -0.1) is 12.3 Å². The van der Waals surface area contributed by atoms with Crippen molar-refractivity contribution in [1.29, 1.82) is 0 Å². The lowest BCUT2D eigenvalue weighted by molar-refractivity contribution is 0.125. The van der Waals surface area contributed by atoms with Gasteiger partial charge in [0.2, 0.25) is 0 Å². The molecular formula is C8H12OS. The fourth-order valence-electron chi connectivity index (χ4n) is 1.14. The Kier molecular flexibility index (Phi) is 3.11. The summed E-state index contributed by atoms with van der Waals surface area (Å²) in [5.74, 6) is 5.22. The van der Waals surface area contributed by atoms with Gasteiger partial charge in [-0.1, -0.05) is 0 Å². The standard InChI is InChI=1S/C8H12OS/c1-2-3-8(9)7-4-5-10-6-7/h1,7-9H,3-6H2. The van der Waals surface area contributed by atoms with E-state index >= 15 is 0 Å². The Hall–Kier alpha value is -0.130. The van der Waals surface area contributed by atoms with Crippen LogP contribution in [0.15, 0.2) is 0 Å². The first-order valence-electron chi connectivity index (χ1n) is 3.54. The molecule has 56 valence electrons. The molecule has 1 heterocycles. The number of hydrogen-bond acceptors (Lipinski definition) is 2. The van der Waals surface area contributed by atoms with Gasteiger partial charge in [-0.2, -0.15) is 11.8 Å². The maximum absolute atomic E-state index is 9.39. The van der Waals surface area contributed by atoms with Crippen LogP contribution in [0.3, 0.4) is 0 Å². The largest absolute Gasteiger partial charge is 0.392 e. The molecule has 1 fully saturated rings. The zero-order chi connectivity index (χ0) is 7.40. The maximum atomic E-state index is 9.39. The Bertz CT molecular complexity index is 133. The number of aliphatic hydroxyl groups is 1. The second-order valence-electron chi connectivity index (χ2n) is 2.60. The second-order valence-corrected chi connectivity index (χ2v) is 3.75. The number of rotatable bonds is 2. The van der Waals surface area contributed by atoms with Gasteiger partial charge in [0.1, 0.15) is 0 Å². The molecule has 1 saturated heterocycles. The van der Waals surface area contributed by atoms with E-state index in [2.05, 4.69) is 5.92 Å². The van der Waals surface area contributed by atoms with Gasteiger partial charge >= 0.3 is 0 Å². The minimum atomic E-state index is -0.250. The summed E-state index contributed by atoms with van der Waals surface area (Å²) < 4.78 is 0. The van der Waals surface area contributed by atoms with Gasteiger partial charge in [0.15, 0.2) is 0 Å². The number of hydrogen-bond donors (Lipinski definition) is 1. The highest BCUT2D eigenvalue weighted by atomic mass is 32.2. The lowest BCUT2D eigenvalue weighted by atomic mass is 10.00. The zero-order valence-corrected chi connectivity index (χ0v) is 6.73. The lowest BCUT2D eigenvalue weighted by Crippen LogP contribution is -2.18. The van der Waals surface area contributed by atoms with Crippen molar-refractivity contribution >= 4 is 11.8 Å². The van der Waals surface area contributed by atoms with E-state index in [4.69, 9.17) is 6.42 Å². The zero-order valence-electron chi connectivity index (χ0n) is 5.92. The molecule has 10 heavy (non-hydrogen) atoms. The fraction of sp³-hybridized carbons (Fsp3) is 0.750. The summed E-state index contributed by atoms with van der Waals surface area (Å²) in [6, 6.07) is 0. The Morgan fingerprint density at radius 1 is 1.80 bits per heavy atom. The number of thioether (sulfide) groups is 1. The molecule has 1 nitrogen and oxygen atoms in total. The van der Waals surface area contributed by atoms with Gasteiger partial charge < -0.3 is 5.11 Å². The van der Waals surface area contributed by atoms with Crippen LogP contribution in [-0.4, -0.2) is 22.7 Å². The molecule has 1 aliphatic rings. The molecule has 2 atom stereocenters. The van der Waals surface area contributed by atoms with Crippen molar-refractivity contribution in [3.05, 3.63) is 0 Å². The summed E-state index contributed by atoms with van der Waals surface area (Å²) in [5, 5.41) is 9.39. The third kappa shape index (κ3) is 1.93.